The molecule has 0 aromatic carbocycles. The van der Waals surface area contributed by atoms with Crippen molar-refractivity contribution >= 4 is 17.9 Å². The van der Waals surface area contributed by atoms with Crippen molar-refractivity contribution in [2.24, 2.45) is 0 Å². The Morgan fingerprint density at radius 1 is 0.263 bits per heavy atom. The summed E-state index contributed by atoms with van der Waals surface area (Å²) < 4.78 is 16.8. The van der Waals surface area contributed by atoms with Gasteiger partial charge >= 0.3 is 17.9 Å². The van der Waals surface area contributed by atoms with E-state index in [1.807, 2.05) is 0 Å². The van der Waals surface area contributed by atoms with Crippen LogP contribution in [0, 0.1) is 0 Å². The van der Waals surface area contributed by atoms with E-state index in [2.05, 4.69) is 203 Å². The highest BCUT2D eigenvalue weighted by Gasteiger charge is 2.19. The first-order valence-corrected chi connectivity index (χ1v) is 31.8. The Morgan fingerprint density at radius 2 is 0.500 bits per heavy atom. The monoisotopic (exact) mass is 1100 g/mol. The third kappa shape index (κ3) is 63.3. The molecule has 0 aromatic rings. The van der Waals surface area contributed by atoms with E-state index in [-0.39, 0.29) is 44.0 Å². The average molecular weight is 1100 g/mol. The zero-order chi connectivity index (χ0) is 57.8. The molecule has 0 fully saturated rings. The summed E-state index contributed by atoms with van der Waals surface area (Å²) in [7, 11) is 0. The molecular formula is C74H114O6. The summed E-state index contributed by atoms with van der Waals surface area (Å²) in [4.78, 5) is 38.3. The molecule has 6 heteroatoms. The second-order valence-electron chi connectivity index (χ2n) is 20.2. The van der Waals surface area contributed by atoms with Gasteiger partial charge in [0.25, 0.3) is 0 Å². The van der Waals surface area contributed by atoms with Crippen LogP contribution in [-0.4, -0.2) is 37.2 Å². The number of ether oxygens (including phenoxy) is 3. The first kappa shape index (κ1) is 74.5. The molecule has 446 valence electrons. The molecule has 0 saturated carbocycles. The van der Waals surface area contributed by atoms with Crippen LogP contribution in [0.15, 0.2) is 182 Å². The molecule has 0 rings (SSSR count). The van der Waals surface area contributed by atoms with E-state index in [4.69, 9.17) is 14.2 Å². The highest BCUT2D eigenvalue weighted by molar-refractivity contribution is 5.71. The molecule has 0 spiro atoms. The predicted octanol–water partition coefficient (Wildman–Crippen LogP) is 22.0. The summed E-state index contributed by atoms with van der Waals surface area (Å²) in [6.45, 7) is 6.31. The molecule has 0 bridgehead atoms. The minimum atomic E-state index is -0.834. The van der Waals surface area contributed by atoms with Crippen LogP contribution >= 0.6 is 0 Å². The van der Waals surface area contributed by atoms with Crippen molar-refractivity contribution in [3.05, 3.63) is 182 Å². The Kier molecular flexibility index (Phi) is 61.5. The second kappa shape index (κ2) is 66.0. The van der Waals surface area contributed by atoms with E-state index in [0.29, 0.717) is 19.3 Å². The summed E-state index contributed by atoms with van der Waals surface area (Å²) >= 11 is 0. The summed E-state index contributed by atoms with van der Waals surface area (Å²) in [5, 5.41) is 0. The number of esters is 3. The molecule has 0 radical (unpaired) electrons. The highest BCUT2D eigenvalue weighted by Crippen LogP contribution is 2.12. The highest BCUT2D eigenvalue weighted by atomic mass is 16.6. The fourth-order valence-corrected chi connectivity index (χ4v) is 7.93. The van der Waals surface area contributed by atoms with Gasteiger partial charge in [-0.05, 0) is 154 Å². The molecule has 80 heavy (non-hydrogen) atoms. The van der Waals surface area contributed by atoms with Gasteiger partial charge < -0.3 is 14.2 Å². The van der Waals surface area contributed by atoms with Gasteiger partial charge in [0.05, 0.1) is 0 Å². The normalized spacial score (nSPS) is 13.4. The fourth-order valence-electron chi connectivity index (χ4n) is 7.93. The molecule has 0 aliphatic heterocycles. The van der Waals surface area contributed by atoms with E-state index in [9.17, 15) is 14.4 Å². The van der Waals surface area contributed by atoms with Crippen molar-refractivity contribution in [2.75, 3.05) is 13.2 Å². The lowest BCUT2D eigenvalue weighted by atomic mass is 10.1. The third-order valence-electron chi connectivity index (χ3n) is 12.6. The summed E-state index contributed by atoms with van der Waals surface area (Å²) in [6.07, 6.45) is 99.0. The van der Waals surface area contributed by atoms with E-state index in [1.165, 1.54) is 44.9 Å². The number of hydrogen-bond donors (Lipinski definition) is 0. The third-order valence-corrected chi connectivity index (χ3v) is 12.6. The van der Waals surface area contributed by atoms with Crippen molar-refractivity contribution in [3.63, 3.8) is 0 Å². The summed E-state index contributed by atoms with van der Waals surface area (Å²) in [5.74, 6) is -1.03. The largest absolute Gasteiger partial charge is 0.462 e. The summed E-state index contributed by atoms with van der Waals surface area (Å²) in [5.41, 5.74) is 0. The number of allylic oxidation sites excluding steroid dienone is 30. The lowest BCUT2D eigenvalue weighted by molar-refractivity contribution is -0.167. The Labute approximate surface area is 491 Å². The lowest BCUT2D eigenvalue weighted by Crippen LogP contribution is -2.30. The predicted molar refractivity (Wildman–Crippen MR) is 348 cm³/mol. The van der Waals surface area contributed by atoms with E-state index < -0.39 is 6.10 Å². The Morgan fingerprint density at radius 3 is 0.838 bits per heavy atom. The van der Waals surface area contributed by atoms with Gasteiger partial charge in [0.2, 0.25) is 0 Å². The van der Waals surface area contributed by atoms with Crippen molar-refractivity contribution in [1.82, 2.24) is 0 Å². The minimum Gasteiger partial charge on any atom is -0.462 e. The topological polar surface area (TPSA) is 78.9 Å². The van der Waals surface area contributed by atoms with Crippen LogP contribution in [0.1, 0.15) is 245 Å². The average Bonchev–Trinajstić information content (AvgIpc) is 3.46. The lowest BCUT2D eigenvalue weighted by Gasteiger charge is -2.18. The molecule has 0 heterocycles. The Hall–Kier alpha value is -5.49. The van der Waals surface area contributed by atoms with Gasteiger partial charge in [-0.3, -0.25) is 14.4 Å². The number of unbranched alkanes of at least 4 members (excludes halogenated alkanes) is 14. The molecule has 0 aliphatic carbocycles. The molecule has 0 aliphatic rings. The van der Waals surface area contributed by atoms with Crippen LogP contribution in [0.5, 0.6) is 0 Å². The van der Waals surface area contributed by atoms with Crippen molar-refractivity contribution < 1.29 is 28.6 Å². The number of carbonyl (C=O) groups is 3. The van der Waals surface area contributed by atoms with Gasteiger partial charge in [-0.2, -0.15) is 0 Å². The van der Waals surface area contributed by atoms with E-state index in [1.54, 1.807) is 0 Å². The zero-order valence-corrected chi connectivity index (χ0v) is 51.0. The maximum absolute atomic E-state index is 12.9. The van der Waals surface area contributed by atoms with Gasteiger partial charge in [0, 0.05) is 19.3 Å². The first-order valence-electron chi connectivity index (χ1n) is 31.8. The first-order chi connectivity index (χ1) is 39.5. The Bertz CT molecular complexity index is 1890. The Balaban J connectivity index is 4.54. The standard InChI is InChI=1S/C74H114O6/c1-4-7-10-13-16-19-22-25-28-30-32-33-34-35-36-37-38-39-40-41-43-44-46-49-52-55-58-61-64-67-73(76)79-70-71(69-78-72(75)66-63-60-57-54-51-48-27-24-21-18-15-12-9-6-3)80-74(77)68-65-62-59-56-53-50-47-45-42-31-29-26-23-20-17-14-11-8-5-2/h7-8,10-11,16-17,19-20,24-29,32-33,35-36,38-39,41-43,45-46,49-50,53,55,58,71H,4-6,9,12-15,18,21-23,30-31,34,37,40,44,47-48,51-52,54,56-57,59-70H2,1-3H3/b10-7-,11-8-,19-16-,20-17-,27-24-,28-25-,29-26-,33-32-,36-35-,39-38-,43-41-,45-42-,49-46-,53-50-,58-55-. The smallest absolute Gasteiger partial charge is 0.306 e. The number of carbonyl (C=O) groups excluding carboxylic acids is 3. The van der Waals surface area contributed by atoms with Gasteiger partial charge in [-0.25, -0.2) is 0 Å². The molecule has 0 saturated heterocycles. The zero-order valence-electron chi connectivity index (χ0n) is 51.0. The number of rotatable bonds is 55. The quantitative estimate of drug-likeness (QED) is 0.0261. The fraction of sp³-hybridized carbons (Fsp3) is 0.554. The minimum absolute atomic E-state index is 0.123. The molecule has 0 aromatic heterocycles. The molecule has 1 atom stereocenters. The van der Waals surface area contributed by atoms with Crippen LogP contribution in [0.4, 0.5) is 0 Å². The van der Waals surface area contributed by atoms with Gasteiger partial charge in [0.1, 0.15) is 13.2 Å². The van der Waals surface area contributed by atoms with Crippen LogP contribution in [0.3, 0.4) is 0 Å². The summed E-state index contributed by atoms with van der Waals surface area (Å²) in [6, 6.07) is 0. The van der Waals surface area contributed by atoms with Crippen LogP contribution in [0.2, 0.25) is 0 Å². The van der Waals surface area contributed by atoms with Gasteiger partial charge in [-0.1, -0.05) is 254 Å². The second-order valence-corrected chi connectivity index (χ2v) is 20.2. The maximum atomic E-state index is 12.9. The van der Waals surface area contributed by atoms with Crippen LogP contribution < -0.4 is 0 Å². The number of hydrogen-bond acceptors (Lipinski definition) is 6. The molecular weight excluding hydrogens is 985 g/mol. The van der Waals surface area contributed by atoms with Crippen LogP contribution in [0.25, 0.3) is 0 Å². The van der Waals surface area contributed by atoms with Crippen LogP contribution in [-0.2, 0) is 28.6 Å². The molecule has 1 unspecified atom stereocenters. The van der Waals surface area contributed by atoms with E-state index >= 15 is 0 Å². The van der Waals surface area contributed by atoms with Gasteiger partial charge in [-0.15, -0.1) is 0 Å². The molecule has 6 nitrogen and oxygen atoms in total. The molecule has 0 amide bonds. The SMILES string of the molecule is CC/C=C\C/C=C\C/C=C\C/C=C\C/C=C\C/C=C\C/C=C\C/C=C\C/C=C\CCCC(=O)OCC(COC(=O)CCCCCCC/C=C\CCCCCCC)OC(=O)CCCCC/C=C\C/C=C\C/C=C\C/C=C\C/C=C\CC. The van der Waals surface area contributed by atoms with Crippen molar-refractivity contribution in [3.8, 4) is 0 Å². The van der Waals surface area contributed by atoms with Crippen molar-refractivity contribution in [1.29, 1.82) is 0 Å². The van der Waals surface area contributed by atoms with Crippen molar-refractivity contribution in [2.45, 2.75) is 252 Å². The molecule has 0 N–H and O–H groups in total. The maximum Gasteiger partial charge on any atom is 0.306 e. The van der Waals surface area contributed by atoms with Gasteiger partial charge in [0.15, 0.2) is 6.10 Å². The van der Waals surface area contributed by atoms with E-state index in [0.717, 1.165) is 148 Å².